The Morgan fingerprint density at radius 3 is 2.52 bits per heavy atom. The van der Waals surface area contributed by atoms with Gasteiger partial charge in [-0.2, -0.15) is 0 Å². The molecule has 0 amide bonds. The first-order valence-corrected chi connectivity index (χ1v) is 7.76. The van der Waals surface area contributed by atoms with Crippen LogP contribution in [0, 0.1) is 18.6 Å². The van der Waals surface area contributed by atoms with E-state index < -0.39 is 0 Å². The number of aliphatic imine (C=N–C) groups is 1. The van der Waals surface area contributed by atoms with E-state index in [0.717, 1.165) is 17.7 Å². The van der Waals surface area contributed by atoms with Crippen LogP contribution in [0.5, 0.6) is 0 Å². The summed E-state index contributed by atoms with van der Waals surface area (Å²) in [4.78, 5) is 6.23. The van der Waals surface area contributed by atoms with Crippen molar-refractivity contribution in [3.63, 3.8) is 0 Å². The zero-order chi connectivity index (χ0) is 17.0. The Balaban J connectivity index is 2.37. The molecule has 0 saturated heterocycles. The van der Waals surface area contributed by atoms with Crippen LogP contribution in [0.2, 0.25) is 5.02 Å². The smallest absolute Gasteiger partial charge is 0.125 e. The zero-order valence-corrected chi connectivity index (χ0v) is 14.2. The van der Waals surface area contributed by atoms with E-state index in [-0.39, 0.29) is 11.6 Å². The minimum atomic E-state index is -0.371. The van der Waals surface area contributed by atoms with Crippen molar-refractivity contribution in [1.29, 1.82) is 0 Å². The molecule has 0 heterocycles. The van der Waals surface area contributed by atoms with Crippen LogP contribution < -0.4 is 0 Å². The molecular weight excluding hydrogens is 318 g/mol. The maximum Gasteiger partial charge on any atom is 0.125 e. The number of nitrogens with zero attached hydrogens (tertiary/aromatic N) is 2. The lowest BCUT2D eigenvalue weighted by atomic mass is 9.99. The highest BCUT2D eigenvalue weighted by molar-refractivity contribution is 6.31. The summed E-state index contributed by atoms with van der Waals surface area (Å²) in [6.45, 7) is 4.69. The summed E-state index contributed by atoms with van der Waals surface area (Å²) in [6.07, 6.45) is 2.02. The van der Waals surface area contributed by atoms with E-state index in [1.165, 1.54) is 30.3 Å². The second-order valence-electron chi connectivity index (χ2n) is 5.44. The van der Waals surface area contributed by atoms with Crippen LogP contribution in [0.4, 0.5) is 14.5 Å². The topological polar surface area (TPSA) is 15.6 Å². The molecule has 2 nitrogen and oxygen atoms in total. The molecule has 0 aliphatic carbocycles. The minimum absolute atomic E-state index is 0.353. The van der Waals surface area contributed by atoms with Gasteiger partial charge in [0, 0.05) is 18.6 Å². The first kappa shape index (κ1) is 17.4. The van der Waals surface area contributed by atoms with Crippen LogP contribution in [0.25, 0.3) is 0 Å². The van der Waals surface area contributed by atoms with Gasteiger partial charge >= 0.3 is 0 Å². The summed E-state index contributed by atoms with van der Waals surface area (Å²) in [5.74, 6) is -0.731. The first-order valence-electron chi connectivity index (χ1n) is 7.38. The molecule has 2 aromatic carbocycles. The summed E-state index contributed by atoms with van der Waals surface area (Å²) in [5.41, 5.74) is 2.78. The van der Waals surface area contributed by atoms with Crippen molar-refractivity contribution in [2.45, 2.75) is 20.3 Å². The fourth-order valence-corrected chi connectivity index (χ4v) is 2.35. The Kier molecular flexibility index (Phi) is 5.72. The van der Waals surface area contributed by atoms with Gasteiger partial charge in [-0.3, -0.25) is 0 Å². The van der Waals surface area contributed by atoms with Gasteiger partial charge in [-0.15, -0.1) is 0 Å². The van der Waals surface area contributed by atoms with Crippen LogP contribution in [0.3, 0.4) is 0 Å². The third-order valence-electron chi connectivity index (χ3n) is 3.73. The predicted octanol–water partition coefficient (Wildman–Crippen LogP) is 5.13. The monoisotopic (exact) mass is 336 g/mol. The Morgan fingerprint density at radius 2 is 1.83 bits per heavy atom. The third-order valence-corrected chi connectivity index (χ3v) is 4.10. The van der Waals surface area contributed by atoms with Gasteiger partial charge in [0.2, 0.25) is 0 Å². The second kappa shape index (κ2) is 7.55. The Bertz CT molecular complexity index is 729. The molecule has 5 heteroatoms. The molecule has 2 rings (SSSR count). The number of hydrogen-bond acceptors (Lipinski definition) is 1. The van der Waals surface area contributed by atoms with Crippen molar-refractivity contribution >= 4 is 23.6 Å². The molecule has 0 spiro atoms. The standard InChI is InChI=1S/C18H19ClF2N2/c1-4-23(3)11-22-18-10-16(21)8-13(12(18)2)7-14-9-15(20)5-6-17(14)19/h5-6,8-11H,4,7H2,1-3H3. The molecule has 122 valence electrons. The van der Waals surface area contributed by atoms with Crippen molar-refractivity contribution in [1.82, 2.24) is 4.90 Å². The number of halogens is 3. The molecule has 23 heavy (non-hydrogen) atoms. The molecule has 0 aromatic heterocycles. The molecule has 0 aliphatic rings. The van der Waals surface area contributed by atoms with Gasteiger partial charge in [-0.05, 0) is 67.3 Å². The van der Waals surface area contributed by atoms with E-state index in [2.05, 4.69) is 4.99 Å². The van der Waals surface area contributed by atoms with Crippen molar-refractivity contribution in [2.24, 2.45) is 4.99 Å². The highest BCUT2D eigenvalue weighted by Gasteiger charge is 2.10. The molecule has 0 saturated carbocycles. The normalized spacial score (nSPS) is 11.2. The van der Waals surface area contributed by atoms with Gasteiger partial charge in [0.05, 0.1) is 12.0 Å². The molecule has 0 fully saturated rings. The molecule has 2 aromatic rings. The lowest BCUT2D eigenvalue weighted by Gasteiger charge is -2.12. The van der Waals surface area contributed by atoms with E-state index in [4.69, 9.17) is 11.6 Å². The van der Waals surface area contributed by atoms with Crippen molar-refractivity contribution in [3.05, 3.63) is 63.7 Å². The molecular formula is C18H19ClF2N2. The summed E-state index contributed by atoms with van der Waals surface area (Å²) >= 11 is 6.10. The Morgan fingerprint density at radius 1 is 1.13 bits per heavy atom. The van der Waals surface area contributed by atoms with Gasteiger partial charge in [-0.25, -0.2) is 13.8 Å². The average molecular weight is 337 g/mol. The van der Waals surface area contributed by atoms with Crippen molar-refractivity contribution in [3.8, 4) is 0 Å². The van der Waals surface area contributed by atoms with Crippen LogP contribution in [0.15, 0.2) is 35.3 Å². The van der Waals surface area contributed by atoms with Crippen LogP contribution in [-0.4, -0.2) is 24.8 Å². The highest BCUT2D eigenvalue weighted by Crippen LogP contribution is 2.28. The lowest BCUT2D eigenvalue weighted by Crippen LogP contribution is -2.14. The maximum atomic E-state index is 13.9. The fourth-order valence-electron chi connectivity index (χ4n) is 2.16. The van der Waals surface area contributed by atoms with E-state index in [9.17, 15) is 8.78 Å². The maximum absolute atomic E-state index is 13.9. The van der Waals surface area contributed by atoms with Gasteiger partial charge < -0.3 is 4.90 Å². The highest BCUT2D eigenvalue weighted by atomic mass is 35.5. The van der Waals surface area contributed by atoms with E-state index in [1.54, 1.807) is 6.34 Å². The Labute approximate surface area is 140 Å². The molecule has 0 radical (unpaired) electrons. The SMILES string of the molecule is CCN(C)C=Nc1cc(F)cc(Cc2cc(F)ccc2Cl)c1C. The molecule has 0 aliphatic heterocycles. The van der Waals surface area contributed by atoms with Crippen LogP contribution >= 0.6 is 11.6 Å². The van der Waals surface area contributed by atoms with E-state index in [0.29, 0.717) is 22.7 Å². The first-order chi connectivity index (χ1) is 10.9. The van der Waals surface area contributed by atoms with Gasteiger partial charge in [0.15, 0.2) is 0 Å². The van der Waals surface area contributed by atoms with Crippen molar-refractivity contribution in [2.75, 3.05) is 13.6 Å². The number of rotatable bonds is 5. The summed E-state index contributed by atoms with van der Waals surface area (Å²) in [6, 6.07) is 7.03. The van der Waals surface area contributed by atoms with Crippen LogP contribution in [-0.2, 0) is 6.42 Å². The summed E-state index contributed by atoms with van der Waals surface area (Å²) in [7, 11) is 1.89. The third kappa shape index (κ3) is 4.52. The molecule has 0 bridgehead atoms. The quantitative estimate of drug-likeness (QED) is 0.546. The number of benzene rings is 2. The molecule has 0 unspecified atom stereocenters. The lowest BCUT2D eigenvalue weighted by molar-refractivity contribution is 0.552. The fraction of sp³-hybridized carbons (Fsp3) is 0.278. The van der Waals surface area contributed by atoms with Gasteiger partial charge in [-0.1, -0.05) is 11.6 Å². The summed E-state index contributed by atoms with van der Waals surface area (Å²) in [5, 5.41) is 0.464. The Hall–Kier alpha value is -1.94. The minimum Gasteiger partial charge on any atom is -0.366 e. The second-order valence-corrected chi connectivity index (χ2v) is 5.85. The van der Waals surface area contributed by atoms with E-state index >= 15 is 0 Å². The zero-order valence-electron chi connectivity index (χ0n) is 13.4. The predicted molar refractivity (Wildman–Crippen MR) is 91.8 cm³/mol. The van der Waals surface area contributed by atoms with Crippen LogP contribution in [0.1, 0.15) is 23.6 Å². The van der Waals surface area contributed by atoms with Gasteiger partial charge in [0.25, 0.3) is 0 Å². The largest absolute Gasteiger partial charge is 0.366 e. The van der Waals surface area contributed by atoms with E-state index in [1.807, 2.05) is 25.8 Å². The average Bonchev–Trinajstić information content (AvgIpc) is 2.52. The van der Waals surface area contributed by atoms with Gasteiger partial charge in [0.1, 0.15) is 11.6 Å². The number of hydrogen-bond donors (Lipinski definition) is 0. The van der Waals surface area contributed by atoms with Crippen molar-refractivity contribution < 1.29 is 8.78 Å². The molecule has 0 N–H and O–H groups in total. The summed E-state index contributed by atoms with van der Waals surface area (Å²) < 4.78 is 27.3. The molecule has 0 atom stereocenters.